The van der Waals surface area contributed by atoms with Gasteiger partial charge in [-0.05, 0) is 34.7 Å². The third kappa shape index (κ3) is 5.37. The minimum absolute atomic E-state index is 0.0794. The largest absolute Gasteiger partial charge is 0.296 e. The van der Waals surface area contributed by atoms with E-state index in [1.165, 1.54) is 35.4 Å². The second-order valence-electron chi connectivity index (χ2n) is 7.45. The van der Waals surface area contributed by atoms with Crippen LogP contribution in [0, 0.1) is 5.82 Å². The standard InChI is InChI=1S/C21H27FN2O2S/c1-17(2)20-7-3-18(4-8-20)15-23-11-13-24(14-12-23)27(25,26)16-19-5-9-21(22)10-6-19/h3-10,17H,11-16H2,1-2H3. The van der Waals surface area contributed by atoms with Gasteiger partial charge in [0.2, 0.25) is 10.0 Å². The maximum absolute atomic E-state index is 13.0. The summed E-state index contributed by atoms with van der Waals surface area (Å²) in [5.74, 6) is 0.0873. The highest BCUT2D eigenvalue weighted by Crippen LogP contribution is 2.18. The maximum atomic E-state index is 13.0. The highest BCUT2D eigenvalue weighted by molar-refractivity contribution is 7.88. The van der Waals surface area contributed by atoms with Crippen LogP contribution in [-0.4, -0.2) is 43.8 Å². The molecule has 0 atom stereocenters. The second kappa shape index (κ2) is 8.50. The Morgan fingerprint density at radius 2 is 1.44 bits per heavy atom. The predicted octanol–water partition coefficient (Wildman–Crippen LogP) is 3.60. The lowest BCUT2D eigenvalue weighted by Gasteiger charge is -2.34. The minimum atomic E-state index is -3.38. The molecule has 4 nitrogen and oxygen atoms in total. The molecule has 27 heavy (non-hydrogen) atoms. The molecular formula is C21H27FN2O2S. The summed E-state index contributed by atoms with van der Waals surface area (Å²) in [5, 5.41) is 0. The second-order valence-corrected chi connectivity index (χ2v) is 9.42. The highest BCUT2D eigenvalue weighted by Gasteiger charge is 2.27. The summed E-state index contributed by atoms with van der Waals surface area (Å²) >= 11 is 0. The van der Waals surface area contributed by atoms with Crippen molar-refractivity contribution in [1.29, 1.82) is 0 Å². The van der Waals surface area contributed by atoms with E-state index in [-0.39, 0.29) is 11.6 Å². The lowest BCUT2D eigenvalue weighted by molar-refractivity contribution is 0.181. The Labute approximate surface area is 161 Å². The molecule has 1 aliphatic rings. The number of rotatable bonds is 6. The third-order valence-electron chi connectivity index (χ3n) is 5.04. The molecule has 1 saturated heterocycles. The molecule has 0 saturated carbocycles. The zero-order valence-corrected chi connectivity index (χ0v) is 16.8. The van der Waals surface area contributed by atoms with Gasteiger partial charge in [0.05, 0.1) is 5.75 Å². The number of benzene rings is 2. The first-order chi connectivity index (χ1) is 12.8. The topological polar surface area (TPSA) is 40.6 Å². The van der Waals surface area contributed by atoms with E-state index < -0.39 is 10.0 Å². The van der Waals surface area contributed by atoms with E-state index >= 15 is 0 Å². The van der Waals surface area contributed by atoms with Gasteiger partial charge in [-0.3, -0.25) is 4.90 Å². The van der Waals surface area contributed by atoms with Gasteiger partial charge in [-0.1, -0.05) is 50.2 Å². The van der Waals surface area contributed by atoms with Crippen LogP contribution in [0.1, 0.15) is 36.5 Å². The molecular weight excluding hydrogens is 363 g/mol. The van der Waals surface area contributed by atoms with Crippen molar-refractivity contribution in [2.75, 3.05) is 26.2 Å². The first kappa shape index (κ1) is 20.0. The number of nitrogens with zero attached hydrogens (tertiary/aromatic N) is 2. The monoisotopic (exact) mass is 390 g/mol. The minimum Gasteiger partial charge on any atom is -0.296 e. The van der Waals surface area contributed by atoms with Crippen molar-refractivity contribution < 1.29 is 12.8 Å². The maximum Gasteiger partial charge on any atom is 0.218 e. The van der Waals surface area contributed by atoms with Crippen molar-refractivity contribution in [2.45, 2.75) is 32.1 Å². The molecule has 0 aromatic heterocycles. The Kier molecular flexibility index (Phi) is 6.29. The van der Waals surface area contributed by atoms with E-state index in [1.54, 1.807) is 4.31 Å². The van der Waals surface area contributed by atoms with Crippen LogP contribution in [0.3, 0.4) is 0 Å². The number of halogens is 1. The summed E-state index contributed by atoms with van der Waals surface area (Å²) in [6.07, 6.45) is 0. The van der Waals surface area contributed by atoms with Crippen LogP contribution < -0.4 is 0 Å². The zero-order chi connectivity index (χ0) is 19.4. The quantitative estimate of drug-likeness (QED) is 0.757. The van der Waals surface area contributed by atoms with Crippen LogP contribution in [0.2, 0.25) is 0 Å². The smallest absolute Gasteiger partial charge is 0.218 e. The van der Waals surface area contributed by atoms with Gasteiger partial charge in [0.1, 0.15) is 5.82 Å². The summed E-state index contributed by atoms with van der Waals surface area (Å²) in [6, 6.07) is 14.3. The van der Waals surface area contributed by atoms with Crippen LogP contribution >= 0.6 is 0 Å². The first-order valence-electron chi connectivity index (χ1n) is 9.37. The molecule has 3 rings (SSSR count). The number of piperazine rings is 1. The third-order valence-corrected chi connectivity index (χ3v) is 6.89. The SMILES string of the molecule is CC(C)c1ccc(CN2CCN(S(=O)(=O)Cc3ccc(F)cc3)CC2)cc1. The molecule has 6 heteroatoms. The van der Waals surface area contributed by atoms with Crippen LogP contribution in [-0.2, 0) is 22.3 Å². The van der Waals surface area contributed by atoms with Crippen molar-refractivity contribution in [3.05, 3.63) is 71.0 Å². The van der Waals surface area contributed by atoms with E-state index in [4.69, 9.17) is 0 Å². The van der Waals surface area contributed by atoms with E-state index in [1.807, 2.05) is 0 Å². The molecule has 0 aliphatic carbocycles. The van der Waals surface area contributed by atoms with E-state index in [9.17, 15) is 12.8 Å². The van der Waals surface area contributed by atoms with Gasteiger partial charge in [0.25, 0.3) is 0 Å². The van der Waals surface area contributed by atoms with Crippen LogP contribution in [0.5, 0.6) is 0 Å². The van der Waals surface area contributed by atoms with Crippen LogP contribution in [0.4, 0.5) is 4.39 Å². The van der Waals surface area contributed by atoms with Crippen molar-refractivity contribution in [3.63, 3.8) is 0 Å². The van der Waals surface area contributed by atoms with E-state index in [2.05, 4.69) is 43.0 Å². The average molecular weight is 391 g/mol. The molecule has 1 aliphatic heterocycles. The molecule has 0 bridgehead atoms. The van der Waals surface area contributed by atoms with Crippen LogP contribution in [0.15, 0.2) is 48.5 Å². The summed E-state index contributed by atoms with van der Waals surface area (Å²) in [4.78, 5) is 2.29. The summed E-state index contributed by atoms with van der Waals surface area (Å²) in [6.45, 7) is 7.62. The van der Waals surface area contributed by atoms with Gasteiger partial charge < -0.3 is 0 Å². The Balaban J connectivity index is 1.53. The molecule has 0 N–H and O–H groups in total. The molecule has 1 fully saturated rings. The van der Waals surface area contributed by atoms with Gasteiger partial charge in [-0.15, -0.1) is 0 Å². The van der Waals surface area contributed by atoms with Gasteiger partial charge in [0, 0.05) is 32.7 Å². The first-order valence-corrected chi connectivity index (χ1v) is 11.0. The molecule has 2 aromatic carbocycles. The number of hydrogen-bond acceptors (Lipinski definition) is 3. The molecule has 146 valence electrons. The molecule has 0 radical (unpaired) electrons. The fourth-order valence-electron chi connectivity index (χ4n) is 3.31. The van der Waals surface area contributed by atoms with Gasteiger partial charge in [-0.25, -0.2) is 12.8 Å². The molecule has 1 heterocycles. The van der Waals surface area contributed by atoms with E-state index in [0.717, 1.165) is 6.54 Å². The van der Waals surface area contributed by atoms with Gasteiger partial charge in [0.15, 0.2) is 0 Å². The van der Waals surface area contributed by atoms with Crippen LogP contribution in [0.25, 0.3) is 0 Å². The normalized spacial score (nSPS) is 16.7. The summed E-state index contributed by atoms with van der Waals surface area (Å²) in [5.41, 5.74) is 3.20. The van der Waals surface area contributed by atoms with Gasteiger partial charge >= 0.3 is 0 Å². The Bertz CT molecular complexity index is 841. The summed E-state index contributed by atoms with van der Waals surface area (Å²) in [7, 11) is -3.38. The fraction of sp³-hybridized carbons (Fsp3) is 0.429. The summed E-state index contributed by atoms with van der Waals surface area (Å²) < 4.78 is 39.8. The lowest BCUT2D eigenvalue weighted by atomic mass is 10.0. The molecule has 0 spiro atoms. The van der Waals surface area contributed by atoms with Crippen molar-refractivity contribution >= 4 is 10.0 Å². The Morgan fingerprint density at radius 1 is 0.889 bits per heavy atom. The lowest BCUT2D eigenvalue weighted by Crippen LogP contribution is -2.48. The number of hydrogen-bond donors (Lipinski definition) is 0. The van der Waals surface area contributed by atoms with Crippen molar-refractivity contribution in [2.24, 2.45) is 0 Å². The zero-order valence-electron chi connectivity index (χ0n) is 15.9. The number of sulfonamides is 1. The average Bonchev–Trinajstić information content (AvgIpc) is 2.64. The Morgan fingerprint density at radius 3 is 2.00 bits per heavy atom. The fourth-order valence-corrected chi connectivity index (χ4v) is 4.83. The van der Waals surface area contributed by atoms with Crippen molar-refractivity contribution in [3.8, 4) is 0 Å². The highest BCUT2D eigenvalue weighted by atomic mass is 32.2. The molecule has 0 amide bonds. The Hall–Kier alpha value is -1.76. The predicted molar refractivity (Wildman–Crippen MR) is 106 cm³/mol. The van der Waals surface area contributed by atoms with Crippen molar-refractivity contribution in [1.82, 2.24) is 9.21 Å². The van der Waals surface area contributed by atoms with E-state index in [0.29, 0.717) is 37.7 Å². The molecule has 2 aromatic rings. The van der Waals surface area contributed by atoms with Gasteiger partial charge in [-0.2, -0.15) is 4.31 Å². The molecule has 0 unspecified atom stereocenters.